The molecule has 2 atom stereocenters. The Morgan fingerprint density at radius 3 is 2.00 bits per heavy atom. The van der Waals surface area contributed by atoms with Crippen LogP contribution in [0.1, 0.15) is 13.8 Å². The van der Waals surface area contributed by atoms with E-state index in [1.165, 1.54) is 0 Å². The van der Waals surface area contributed by atoms with Crippen molar-refractivity contribution in [2.45, 2.75) is 38.8 Å². The molecule has 0 bridgehead atoms. The lowest BCUT2D eigenvalue weighted by molar-refractivity contribution is 0.0173. The molecule has 7 heteroatoms. The minimum Gasteiger partial charge on any atom is -0.388 e. The zero-order valence-corrected chi connectivity index (χ0v) is 12.9. The number of likely N-dealkylation sites (N-methyl/N-ethyl adjacent to an activating group) is 2. The van der Waals surface area contributed by atoms with E-state index in [0.717, 1.165) is 11.6 Å². The second kappa shape index (κ2) is 3.93. The molecule has 2 aliphatic rings. The summed E-state index contributed by atoms with van der Waals surface area (Å²) in [5.41, 5.74) is -0.588. The van der Waals surface area contributed by atoms with Gasteiger partial charge in [0.05, 0.1) is 19.4 Å². The van der Waals surface area contributed by atoms with E-state index >= 15 is 0 Å². The highest BCUT2D eigenvalue weighted by Gasteiger charge is 2.68. The minimum atomic E-state index is -0.326. The van der Waals surface area contributed by atoms with E-state index < -0.39 is 0 Å². The highest BCUT2D eigenvalue weighted by atomic mass is 15.7. The smallest absolute Gasteiger partial charge is 0.247 e. The normalized spacial score (nSPS) is 34.2. The quantitative estimate of drug-likeness (QED) is 0.676. The van der Waals surface area contributed by atoms with Crippen molar-refractivity contribution in [2.24, 2.45) is 0 Å². The summed E-state index contributed by atoms with van der Waals surface area (Å²) in [6, 6.07) is 0. The van der Waals surface area contributed by atoms with Crippen LogP contribution in [0.5, 0.6) is 0 Å². The summed E-state index contributed by atoms with van der Waals surface area (Å²) in [4.78, 5) is 8.73. The van der Waals surface area contributed by atoms with E-state index in [2.05, 4.69) is 67.9 Å². The van der Waals surface area contributed by atoms with Gasteiger partial charge >= 0.3 is 0 Å². The third-order valence-electron chi connectivity index (χ3n) is 5.14. The van der Waals surface area contributed by atoms with E-state index in [9.17, 15) is 0 Å². The molecule has 0 amide bonds. The van der Waals surface area contributed by atoms with Gasteiger partial charge in [-0.25, -0.2) is 0 Å². The second-order valence-electron chi connectivity index (χ2n) is 5.73. The highest BCUT2D eigenvalue weighted by molar-refractivity contribution is 7.01. The molecule has 0 N–H and O–H groups in total. The van der Waals surface area contributed by atoms with E-state index in [1.54, 1.807) is 0 Å². The van der Waals surface area contributed by atoms with Gasteiger partial charge < -0.3 is 19.4 Å². The largest absolute Gasteiger partial charge is 0.388 e. The fraction of sp³-hybridized carbons (Fsp3) is 0.667. The van der Waals surface area contributed by atoms with Gasteiger partial charge in [0.1, 0.15) is 5.66 Å². The molecule has 0 aromatic heterocycles. The third kappa shape index (κ3) is 1.29. The first-order valence-corrected chi connectivity index (χ1v) is 6.64. The monoisotopic (exact) mass is 255 g/mol. The van der Waals surface area contributed by atoms with Gasteiger partial charge in [-0.1, -0.05) is 26.8 Å². The van der Waals surface area contributed by atoms with Crippen LogP contribution in [0.25, 0.3) is 0 Å². The minimum absolute atomic E-state index is 0.122. The molecular weight excluding hydrogens is 233 g/mol. The number of nitrogens with zero attached hydrogens (tertiary/aromatic N) is 4. The molecule has 0 spiro atoms. The van der Waals surface area contributed by atoms with Gasteiger partial charge in [0.2, 0.25) is 14.2 Å². The van der Waals surface area contributed by atoms with Gasteiger partial charge in [-0.2, -0.15) is 0 Å². The summed E-state index contributed by atoms with van der Waals surface area (Å²) < 4.78 is 0. The van der Waals surface area contributed by atoms with Crippen LogP contribution >= 0.6 is 0 Å². The number of fused-ring (bicyclic) bond motifs is 1. The summed E-state index contributed by atoms with van der Waals surface area (Å²) in [6.07, 6.45) is 0. The van der Waals surface area contributed by atoms with Crippen LogP contribution < -0.4 is 0 Å². The van der Waals surface area contributed by atoms with Crippen molar-refractivity contribution in [3.8, 4) is 0 Å². The van der Waals surface area contributed by atoms with Gasteiger partial charge in [-0.15, -0.1) is 0 Å². The molecular formula is C12H22B3N4. The molecule has 2 saturated heterocycles. The molecule has 2 aliphatic heterocycles. The zero-order valence-electron chi connectivity index (χ0n) is 12.9. The van der Waals surface area contributed by atoms with Gasteiger partial charge in [-0.3, -0.25) is 0 Å². The SMILES string of the molecule is [B]B(C)N1C(=C)N(C)[C@]2(C)N(C)C(=C)N([B]C)[C@]12C. The maximum atomic E-state index is 6.21. The van der Waals surface area contributed by atoms with Crippen LogP contribution in [0.2, 0.25) is 13.6 Å². The number of hydrogen-bond acceptors (Lipinski definition) is 4. The predicted octanol–water partition coefficient (Wildman–Crippen LogP) is 0.810. The van der Waals surface area contributed by atoms with E-state index in [-0.39, 0.29) is 18.1 Å². The second-order valence-corrected chi connectivity index (χ2v) is 5.73. The molecule has 2 fully saturated rings. The van der Waals surface area contributed by atoms with Crippen LogP contribution in [-0.2, 0) is 0 Å². The molecule has 0 aromatic rings. The van der Waals surface area contributed by atoms with Crippen LogP contribution in [0.4, 0.5) is 0 Å². The first kappa shape index (κ1) is 14.3. The summed E-state index contributed by atoms with van der Waals surface area (Å²) in [5.74, 6) is 1.91. The summed E-state index contributed by atoms with van der Waals surface area (Å²) in [7, 11) is 12.4. The van der Waals surface area contributed by atoms with Crippen molar-refractivity contribution in [3.05, 3.63) is 24.8 Å². The fourth-order valence-electron chi connectivity index (χ4n) is 3.79. The molecule has 0 unspecified atom stereocenters. The van der Waals surface area contributed by atoms with Gasteiger partial charge in [0.25, 0.3) is 0 Å². The average Bonchev–Trinajstić information content (AvgIpc) is 2.57. The van der Waals surface area contributed by atoms with Crippen molar-refractivity contribution in [2.75, 3.05) is 14.1 Å². The molecule has 19 heavy (non-hydrogen) atoms. The van der Waals surface area contributed by atoms with Crippen LogP contribution in [0.3, 0.4) is 0 Å². The lowest BCUT2D eigenvalue weighted by Gasteiger charge is -2.48. The van der Waals surface area contributed by atoms with Crippen molar-refractivity contribution in [1.82, 2.24) is 19.4 Å². The Balaban J connectivity index is 2.68. The van der Waals surface area contributed by atoms with Crippen LogP contribution in [-0.4, -0.2) is 66.7 Å². The zero-order chi connectivity index (χ0) is 14.7. The maximum Gasteiger partial charge on any atom is 0.247 e. The summed E-state index contributed by atoms with van der Waals surface area (Å²) in [6.45, 7) is 16.7. The van der Waals surface area contributed by atoms with E-state index in [4.69, 9.17) is 7.74 Å². The highest BCUT2D eigenvalue weighted by Crippen LogP contribution is 2.54. The Morgan fingerprint density at radius 2 is 1.58 bits per heavy atom. The van der Waals surface area contributed by atoms with E-state index in [1.807, 2.05) is 13.6 Å². The lowest BCUT2D eigenvalue weighted by Crippen LogP contribution is -2.66. The fourth-order valence-corrected chi connectivity index (χ4v) is 3.79. The maximum absolute atomic E-state index is 6.21. The molecule has 2 heterocycles. The Labute approximate surface area is 119 Å². The summed E-state index contributed by atoms with van der Waals surface area (Å²) >= 11 is 0. The molecule has 2 rings (SSSR count). The Morgan fingerprint density at radius 1 is 1.11 bits per heavy atom. The average molecular weight is 255 g/mol. The van der Waals surface area contributed by atoms with Gasteiger partial charge in [0, 0.05) is 14.1 Å². The standard InChI is InChI=1S/C12H22B3N4/c1-9-16(7)11(3)12(4,18(9)14-5)19(15(6)13)10(2)17(11)8/h1-2H2,3-8H3/t11-,12+/m0/s1. The van der Waals surface area contributed by atoms with E-state index in [0.29, 0.717) is 0 Å². The van der Waals surface area contributed by atoms with Crippen molar-refractivity contribution in [1.29, 1.82) is 0 Å². The molecule has 99 valence electrons. The molecule has 4 nitrogen and oxygen atoms in total. The lowest BCUT2D eigenvalue weighted by atomic mass is 9.42. The summed E-state index contributed by atoms with van der Waals surface area (Å²) in [5, 5.41) is 0. The first-order chi connectivity index (χ1) is 8.65. The molecule has 3 radical (unpaired) electrons. The molecule has 0 aliphatic carbocycles. The Bertz CT molecular complexity index is 441. The van der Waals surface area contributed by atoms with Crippen molar-refractivity contribution >= 4 is 21.9 Å². The van der Waals surface area contributed by atoms with Crippen molar-refractivity contribution < 1.29 is 0 Å². The molecule has 0 saturated carbocycles. The van der Waals surface area contributed by atoms with Crippen LogP contribution in [0, 0.1) is 0 Å². The van der Waals surface area contributed by atoms with Gasteiger partial charge in [-0.05, 0) is 13.8 Å². The third-order valence-corrected chi connectivity index (χ3v) is 5.14. The van der Waals surface area contributed by atoms with Crippen molar-refractivity contribution in [3.63, 3.8) is 0 Å². The molecule has 0 aromatic carbocycles. The Hall–Kier alpha value is -1.13. The van der Waals surface area contributed by atoms with Crippen LogP contribution in [0.15, 0.2) is 24.8 Å². The Kier molecular flexibility index (Phi) is 2.96. The first-order valence-electron chi connectivity index (χ1n) is 6.64. The van der Waals surface area contributed by atoms with Gasteiger partial charge in [0.15, 0.2) is 5.66 Å². The topological polar surface area (TPSA) is 13.0 Å². The number of rotatable bonds is 2. The predicted molar refractivity (Wildman–Crippen MR) is 83.3 cm³/mol. The number of hydrogen-bond donors (Lipinski definition) is 0.